The number of unbranched alkanes of at least 4 members (excludes halogenated alkanes) is 3. The van der Waals surface area contributed by atoms with Gasteiger partial charge < -0.3 is 5.73 Å². The van der Waals surface area contributed by atoms with E-state index in [1.54, 1.807) is 0 Å². The molecular weight excluding hydrogens is 160 g/mol. The van der Waals surface area contributed by atoms with Crippen LogP contribution >= 0.6 is 0 Å². The average Bonchev–Trinajstić information content (AvgIpc) is 2.43. The molecule has 0 unspecified atom stereocenters. The molecule has 0 aliphatic carbocycles. The first kappa shape index (κ1) is 11.0. The molecule has 0 aromatic rings. The van der Waals surface area contributed by atoms with Crippen molar-refractivity contribution in [2.45, 2.75) is 58.0 Å². The van der Waals surface area contributed by atoms with Gasteiger partial charge in [-0.1, -0.05) is 26.2 Å². The Balaban J connectivity index is 2.08. The normalized spacial score (nSPS) is 29.8. The van der Waals surface area contributed by atoms with Crippen molar-refractivity contribution in [3.05, 3.63) is 0 Å². The van der Waals surface area contributed by atoms with Crippen LogP contribution in [-0.4, -0.2) is 30.1 Å². The fourth-order valence-corrected chi connectivity index (χ4v) is 2.09. The molecule has 2 atom stereocenters. The van der Waals surface area contributed by atoms with Crippen LogP contribution in [0.25, 0.3) is 0 Å². The predicted molar refractivity (Wildman–Crippen MR) is 57.8 cm³/mol. The Morgan fingerprint density at radius 1 is 1.31 bits per heavy atom. The van der Waals surface area contributed by atoms with Crippen LogP contribution in [-0.2, 0) is 0 Å². The molecular formula is C11H24N2. The highest BCUT2D eigenvalue weighted by Crippen LogP contribution is 2.16. The van der Waals surface area contributed by atoms with Gasteiger partial charge in [0.05, 0.1) is 0 Å². The third-order valence-corrected chi connectivity index (χ3v) is 3.24. The van der Waals surface area contributed by atoms with E-state index < -0.39 is 0 Å². The van der Waals surface area contributed by atoms with Gasteiger partial charge in [-0.15, -0.1) is 0 Å². The molecule has 1 aliphatic heterocycles. The summed E-state index contributed by atoms with van der Waals surface area (Å²) in [5, 5.41) is 0. The molecule has 0 aromatic carbocycles. The summed E-state index contributed by atoms with van der Waals surface area (Å²) in [6.45, 7) is 7.00. The lowest BCUT2D eigenvalue weighted by atomic mass is 10.1. The van der Waals surface area contributed by atoms with E-state index in [1.165, 1.54) is 45.2 Å². The lowest BCUT2D eigenvalue weighted by Crippen LogP contribution is -2.37. The van der Waals surface area contributed by atoms with E-state index in [2.05, 4.69) is 18.7 Å². The zero-order valence-electron chi connectivity index (χ0n) is 9.13. The minimum Gasteiger partial charge on any atom is -0.326 e. The van der Waals surface area contributed by atoms with Gasteiger partial charge in [0.15, 0.2) is 0 Å². The molecule has 1 fully saturated rings. The Kier molecular flexibility index (Phi) is 4.74. The number of nitrogens with zero attached hydrogens (tertiary/aromatic N) is 1. The fraction of sp³-hybridized carbons (Fsp3) is 1.00. The summed E-state index contributed by atoms with van der Waals surface area (Å²) in [6.07, 6.45) is 6.64. The van der Waals surface area contributed by atoms with Crippen molar-refractivity contribution in [2.75, 3.05) is 13.1 Å². The van der Waals surface area contributed by atoms with E-state index in [1.807, 2.05) is 0 Å². The molecule has 2 heteroatoms. The first-order valence-corrected chi connectivity index (χ1v) is 5.75. The van der Waals surface area contributed by atoms with Crippen LogP contribution in [0.15, 0.2) is 0 Å². The zero-order valence-corrected chi connectivity index (χ0v) is 9.13. The Bertz CT molecular complexity index is 136. The fourth-order valence-electron chi connectivity index (χ4n) is 2.09. The summed E-state index contributed by atoms with van der Waals surface area (Å²) >= 11 is 0. The minimum atomic E-state index is 0.422. The number of likely N-dealkylation sites (tertiary alicyclic amines) is 1. The maximum atomic E-state index is 5.96. The van der Waals surface area contributed by atoms with Crippen LogP contribution in [0.2, 0.25) is 0 Å². The van der Waals surface area contributed by atoms with Crippen LogP contribution in [0.4, 0.5) is 0 Å². The van der Waals surface area contributed by atoms with Gasteiger partial charge in [-0.25, -0.2) is 0 Å². The molecule has 1 rings (SSSR count). The van der Waals surface area contributed by atoms with Crippen molar-refractivity contribution in [3.63, 3.8) is 0 Å². The van der Waals surface area contributed by atoms with Gasteiger partial charge in [0.1, 0.15) is 0 Å². The second-order valence-corrected chi connectivity index (χ2v) is 4.29. The summed E-state index contributed by atoms with van der Waals surface area (Å²) in [5.74, 6) is 0. The molecule has 78 valence electrons. The van der Waals surface area contributed by atoms with Crippen LogP contribution < -0.4 is 5.73 Å². The Morgan fingerprint density at radius 2 is 2.08 bits per heavy atom. The van der Waals surface area contributed by atoms with Crippen molar-refractivity contribution >= 4 is 0 Å². The number of nitrogens with two attached hydrogens (primary N) is 1. The smallest absolute Gasteiger partial charge is 0.0219 e. The van der Waals surface area contributed by atoms with Crippen molar-refractivity contribution < 1.29 is 0 Å². The molecule has 0 amide bonds. The van der Waals surface area contributed by atoms with Gasteiger partial charge in [0.2, 0.25) is 0 Å². The molecule has 1 heterocycles. The standard InChI is InChI=1S/C11H24N2/c1-3-4-5-6-8-13-9-7-11(12)10(13)2/h10-11H,3-9,12H2,1-2H3/t10-,11-/m1/s1. The molecule has 1 saturated heterocycles. The lowest BCUT2D eigenvalue weighted by molar-refractivity contribution is 0.254. The molecule has 2 nitrogen and oxygen atoms in total. The van der Waals surface area contributed by atoms with E-state index in [-0.39, 0.29) is 0 Å². The minimum absolute atomic E-state index is 0.422. The van der Waals surface area contributed by atoms with Crippen LogP contribution in [0.3, 0.4) is 0 Å². The third-order valence-electron chi connectivity index (χ3n) is 3.24. The van der Waals surface area contributed by atoms with Gasteiger partial charge in [0.25, 0.3) is 0 Å². The van der Waals surface area contributed by atoms with Gasteiger partial charge >= 0.3 is 0 Å². The lowest BCUT2D eigenvalue weighted by Gasteiger charge is -2.22. The Hall–Kier alpha value is -0.0800. The quantitative estimate of drug-likeness (QED) is 0.662. The number of rotatable bonds is 5. The second-order valence-electron chi connectivity index (χ2n) is 4.29. The topological polar surface area (TPSA) is 29.3 Å². The SMILES string of the molecule is CCCCCCN1CC[C@@H](N)[C@H]1C. The van der Waals surface area contributed by atoms with E-state index in [0.29, 0.717) is 12.1 Å². The summed E-state index contributed by atoms with van der Waals surface area (Å²) in [7, 11) is 0. The van der Waals surface area contributed by atoms with Gasteiger partial charge in [-0.2, -0.15) is 0 Å². The predicted octanol–water partition coefficient (Wildman–Crippen LogP) is 1.99. The van der Waals surface area contributed by atoms with Crippen LogP contribution in [0.5, 0.6) is 0 Å². The van der Waals surface area contributed by atoms with Crippen molar-refractivity contribution in [3.8, 4) is 0 Å². The monoisotopic (exact) mass is 184 g/mol. The maximum absolute atomic E-state index is 5.96. The molecule has 0 radical (unpaired) electrons. The number of hydrogen-bond acceptors (Lipinski definition) is 2. The van der Waals surface area contributed by atoms with Crippen LogP contribution in [0, 0.1) is 0 Å². The van der Waals surface area contributed by atoms with E-state index in [9.17, 15) is 0 Å². The second kappa shape index (κ2) is 5.61. The molecule has 2 N–H and O–H groups in total. The summed E-state index contributed by atoms with van der Waals surface area (Å²) in [5.41, 5.74) is 5.96. The highest BCUT2D eigenvalue weighted by molar-refractivity contribution is 4.86. The highest BCUT2D eigenvalue weighted by Gasteiger charge is 2.26. The summed E-state index contributed by atoms with van der Waals surface area (Å²) in [6, 6.07) is 1.04. The largest absolute Gasteiger partial charge is 0.326 e. The van der Waals surface area contributed by atoms with Crippen molar-refractivity contribution in [2.24, 2.45) is 5.73 Å². The van der Waals surface area contributed by atoms with Gasteiger partial charge in [-0.3, -0.25) is 4.90 Å². The molecule has 1 aliphatic rings. The Morgan fingerprint density at radius 3 is 2.62 bits per heavy atom. The molecule has 0 saturated carbocycles. The molecule has 0 bridgehead atoms. The summed E-state index contributed by atoms with van der Waals surface area (Å²) in [4.78, 5) is 2.54. The molecule has 13 heavy (non-hydrogen) atoms. The molecule has 0 spiro atoms. The van der Waals surface area contributed by atoms with E-state index >= 15 is 0 Å². The van der Waals surface area contributed by atoms with Gasteiger partial charge in [-0.05, 0) is 26.3 Å². The van der Waals surface area contributed by atoms with Gasteiger partial charge in [0, 0.05) is 18.6 Å². The Labute approximate surface area is 82.5 Å². The number of hydrogen-bond donors (Lipinski definition) is 1. The highest BCUT2D eigenvalue weighted by atomic mass is 15.2. The first-order chi connectivity index (χ1) is 6.25. The van der Waals surface area contributed by atoms with Crippen LogP contribution in [0.1, 0.15) is 46.0 Å². The molecule has 0 aromatic heterocycles. The first-order valence-electron chi connectivity index (χ1n) is 5.75. The van der Waals surface area contributed by atoms with E-state index in [0.717, 1.165) is 0 Å². The summed E-state index contributed by atoms with van der Waals surface area (Å²) < 4.78 is 0. The van der Waals surface area contributed by atoms with Crippen molar-refractivity contribution in [1.29, 1.82) is 0 Å². The zero-order chi connectivity index (χ0) is 9.68. The average molecular weight is 184 g/mol. The third kappa shape index (κ3) is 3.28. The van der Waals surface area contributed by atoms with E-state index in [4.69, 9.17) is 5.73 Å². The van der Waals surface area contributed by atoms with Crippen molar-refractivity contribution in [1.82, 2.24) is 4.90 Å². The maximum Gasteiger partial charge on any atom is 0.0219 e.